The number of nitrogens with one attached hydrogen (secondary N) is 1. The summed E-state index contributed by atoms with van der Waals surface area (Å²) in [5, 5.41) is 2.76. The zero-order valence-corrected chi connectivity index (χ0v) is 16.1. The van der Waals surface area contributed by atoms with E-state index < -0.39 is 5.97 Å². The van der Waals surface area contributed by atoms with Crippen molar-refractivity contribution in [3.63, 3.8) is 0 Å². The number of benzene rings is 2. The minimum Gasteiger partial charge on any atom is -0.465 e. The number of hydrogen-bond acceptors (Lipinski definition) is 4. The van der Waals surface area contributed by atoms with Crippen LogP contribution < -0.4 is 5.32 Å². The summed E-state index contributed by atoms with van der Waals surface area (Å²) >= 11 is 3.33. The van der Waals surface area contributed by atoms with Crippen LogP contribution in [0.3, 0.4) is 0 Å². The molecule has 2 amide bonds. The lowest BCUT2D eigenvalue weighted by Gasteiger charge is -2.16. The van der Waals surface area contributed by atoms with Gasteiger partial charge in [0.2, 0.25) is 0 Å². The molecule has 1 N–H and O–H groups in total. The predicted molar refractivity (Wildman–Crippen MR) is 102 cm³/mol. The number of anilines is 1. The van der Waals surface area contributed by atoms with E-state index in [1.54, 1.807) is 49.4 Å². The van der Waals surface area contributed by atoms with Gasteiger partial charge in [-0.3, -0.25) is 14.4 Å². The number of likely N-dealkylation sites (N-methyl/N-ethyl adjacent to an activating group) is 1. The fourth-order valence-electron chi connectivity index (χ4n) is 2.26. The molecule has 0 radical (unpaired) electrons. The molecule has 7 heteroatoms. The minimum atomic E-state index is -0.470. The van der Waals surface area contributed by atoms with E-state index in [1.165, 1.54) is 11.9 Å². The first kappa shape index (κ1) is 19.7. The molecule has 0 fully saturated rings. The average molecular weight is 419 g/mol. The second-order valence-corrected chi connectivity index (χ2v) is 6.43. The number of rotatable bonds is 6. The molecule has 6 nitrogen and oxygen atoms in total. The van der Waals surface area contributed by atoms with Crippen LogP contribution in [0.25, 0.3) is 0 Å². The Labute approximate surface area is 160 Å². The molecule has 0 aromatic heterocycles. The van der Waals surface area contributed by atoms with Crippen molar-refractivity contribution >= 4 is 39.4 Å². The van der Waals surface area contributed by atoms with E-state index in [9.17, 15) is 14.4 Å². The first-order chi connectivity index (χ1) is 12.4. The maximum absolute atomic E-state index is 12.4. The second kappa shape index (κ2) is 9.15. The third kappa shape index (κ3) is 5.42. The first-order valence-corrected chi connectivity index (χ1v) is 8.78. The SMILES string of the molecule is CCOC(=O)CN(C)C(=O)c1cccc(NC(=O)c2cccc(Br)c2)c1. The van der Waals surface area contributed by atoms with Crippen LogP contribution in [-0.4, -0.2) is 42.9 Å². The largest absolute Gasteiger partial charge is 0.465 e. The van der Waals surface area contributed by atoms with E-state index in [4.69, 9.17) is 4.74 Å². The van der Waals surface area contributed by atoms with Crippen molar-refractivity contribution in [1.29, 1.82) is 0 Å². The average Bonchev–Trinajstić information content (AvgIpc) is 2.61. The summed E-state index contributed by atoms with van der Waals surface area (Å²) in [4.78, 5) is 37.5. The zero-order valence-electron chi connectivity index (χ0n) is 14.5. The van der Waals surface area contributed by atoms with Gasteiger partial charge in [-0.05, 0) is 43.3 Å². The van der Waals surface area contributed by atoms with Crippen molar-refractivity contribution in [2.75, 3.05) is 25.5 Å². The van der Waals surface area contributed by atoms with Gasteiger partial charge in [0, 0.05) is 28.3 Å². The van der Waals surface area contributed by atoms with Crippen LogP contribution in [0.5, 0.6) is 0 Å². The van der Waals surface area contributed by atoms with Crippen molar-refractivity contribution in [2.24, 2.45) is 0 Å². The highest BCUT2D eigenvalue weighted by molar-refractivity contribution is 9.10. The van der Waals surface area contributed by atoms with Gasteiger partial charge in [-0.25, -0.2) is 0 Å². The van der Waals surface area contributed by atoms with Crippen LogP contribution in [0.4, 0.5) is 5.69 Å². The molecular weight excluding hydrogens is 400 g/mol. The van der Waals surface area contributed by atoms with Crippen LogP contribution in [0, 0.1) is 0 Å². The fourth-order valence-corrected chi connectivity index (χ4v) is 2.65. The quantitative estimate of drug-likeness (QED) is 0.729. The third-order valence-electron chi connectivity index (χ3n) is 3.47. The van der Waals surface area contributed by atoms with Crippen molar-refractivity contribution in [3.8, 4) is 0 Å². The molecule has 0 saturated carbocycles. The molecule has 136 valence electrons. The number of carbonyl (C=O) groups is 3. The van der Waals surface area contributed by atoms with E-state index in [0.29, 0.717) is 16.8 Å². The molecule has 0 unspecified atom stereocenters. The Morgan fingerprint density at radius 3 is 2.46 bits per heavy atom. The van der Waals surface area contributed by atoms with Crippen molar-refractivity contribution in [2.45, 2.75) is 6.92 Å². The lowest BCUT2D eigenvalue weighted by atomic mass is 10.1. The summed E-state index contributed by atoms with van der Waals surface area (Å²) in [6.45, 7) is 1.83. The van der Waals surface area contributed by atoms with Gasteiger partial charge in [-0.1, -0.05) is 28.1 Å². The van der Waals surface area contributed by atoms with Gasteiger partial charge in [0.1, 0.15) is 6.54 Å². The van der Waals surface area contributed by atoms with E-state index in [2.05, 4.69) is 21.2 Å². The maximum Gasteiger partial charge on any atom is 0.325 e. The Hall–Kier alpha value is -2.67. The van der Waals surface area contributed by atoms with Gasteiger partial charge in [0.05, 0.1) is 6.61 Å². The number of hydrogen-bond donors (Lipinski definition) is 1. The number of nitrogens with zero attached hydrogens (tertiary/aromatic N) is 1. The molecule has 0 atom stereocenters. The molecule has 0 aliphatic rings. The summed E-state index contributed by atoms with van der Waals surface area (Å²) < 4.78 is 5.64. The number of halogens is 1. The monoisotopic (exact) mass is 418 g/mol. The Balaban J connectivity index is 2.08. The topological polar surface area (TPSA) is 75.7 Å². The number of amides is 2. The normalized spacial score (nSPS) is 10.1. The van der Waals surface area contributed by atoms with Crippen molar-refractivity contribution in [1.82, 2.24) is 4.90 Å². The molecule has 0 bridgehead atoms. The van der Waals surface area contributed by atoms with Gasteiger partial charge in [0.25, 0.3) is 11.8 Å². The molecule has 2 rings (SSSR count). The fraction of sp³-hybridized carbons (Fsp3) is 0.211. The highest BCUT2D eigenvalue weighted by atomic mass is 79.9. The zero-order chi connectivity index (χ0) is 19.1. The molecule has 0 heterocycles. The second-order valence-electron chi connectivity index (χ2n) is 5.51. The summed E-state index contributed by atoms with van der Waals surface area (Å²) in [6.07, 6.45) is 0. The van der Waals surface area contributed by atoms with Crippen LogP contribution in [0.2, 0.25) is 0 Å². The summed E-state index contributed by atoms with van der Waals surface area (Å²) in [5.74, 6) is -1.09. The smallest absolute Gasteiger partial charge is 0.325 e. The number of esters is 1. The van der Waals surface area contributed by atoms with Gasteiger partial charge in [-0.2, -0.15) is 0 Å². The highest BCUT2D eigenvalue weighted by Gasteiger charge is 2.16. The lowest BCUT2D eigenvalue weighted by molar-refractivity contribution is -0.143. The predicted octanol–water partition coefficient (Wildman–Crippen LogP) is 3.34. The van der Waals surface area contributed by atoms with Crippen LogP contribution >= 0.6 is 15.9 Å². The molecule has 0 saturated heterocycles. The van der Waals surface area contributed by atoms with Crippen LogP contribution in [0.15, 0.2) is 53.0 Å². The number of ether oxygens (including phenoxy) is 1. The van der Waals surface area contributed by atoms with Crippen molar-refractivity contribution < 1.29 is 19.1 Å². The standard InChI is InChI=1S/C19H19BrN2O4/c1-3-26-17(23)12-22(2)19(25)14-7-5-9-16(11-14)21-18(24)13-6-4-8-15(20)10-13/h4-11H,3,12H2,1-2H3,(H,21,24). The molecule has 0 aliphatic heterocycles. The van der Waals surface area contributed by atoms with E-state index in [1.807, 2.05) is 6.07 Å². The van der Waals surface area contributed by atoms with Gasteiger partial charge >= 0.3 is 5.97 Å². The highest BCUT2D eigenvalue weighted by Crippen LogP contribution is 2.16. The van der Waals surface area contributed by atoms with Gasteiger partial charge in [-0.15, -0.1) is 0 Å². The van der Waals surface area contributed by atoms with Crippen molar-refractivity contribution in [3.05, 3.63) is 64.1 Å². The molecule has 2 aromatic carbocycles. The van der Waals surface area contributed by atoms with E-state index in [0.717, 1.165) is 4.47 Å². The lowest BCUT2D eigenvalue weighted by Crippen LogP contribution is -2.33. The summed E-state index contributed by atoms with van der Waals surface area (Å²) in [7, 11) is 1.52. The maximum atomic E-state index is 12.4. The van der Waals surface area contributed by atoms with E-state index >= 15 is 0 Å². The Morgan fingerprint density at radius 2 is 1.77 bits per heavy atom. The number of carbonyl (C=O) groups excluding carboxylic acids is 3. The first-order valence-electron chi connectivity index (χ1n) is 7.98. The Bertz CT molecular complexity index is 823. The van der Waals surface area contributed by atoms with Crippen LogP contribution in [0.1, 0.15) is 27.6 Å². The minimum absolute atomic E-state index is 0.138. The molecule has 0 spiro atoms. The molecule has 26 heavy (non-hydrogen) atoms. The summed E-state index contributed by atoms with van der Waals surface area (Å²) in [5.41, 5.74) is 1.35. The van der Waals surface area contributed by atoms with E-state index in [-0.39, 0.29) is 25.0 Å². The Kier molecular flexibility index (Phi) is 6.91. The third-order valence-corrected chi connectivity index (χ3v) is 3.97. The Morgan fingerprint density at radius 1 is 1.08 bits per heavy atom. The molecular formula is C19H19BrN2O4. The summed E-state index contributed by atoms with van der Waals surface area (Å²) in [6, 6.07) is 13.6. The van der Waals surface area contributed by atoms with Gasteiger partial charge in [0.15, 0.2) is 0 Å². The molecule has 0 aliphatic carbocycles. The van der Waals surface area contributed by atoms with Crippen LogP contribution in [-0.2, 0) is 9.53 Å². The molecule has 2 aromatic rings. The van der Waals surface area contributed by atoms with Gasteiger partial charge < -0.3 is 15.0 Å².